The molecule has 1 unspecified atom stereocenters. The lowest BCUT2D eigenvalue weighted by Gasteiger charge is -2.18. The fourth-order valence-corrected chi connectivity index (χ4v) is 2.51. The standard InChI is InChI=1S/C14H19BrN4O/c1-3-6-19-9-10(8-17-19)14(18-16)12-5-4-11(15)7-13(12)20-2/h4-5,7-9,14,18H,3,6,16H2,1-2H3. The lowest BCUT2D eigenvalue weighted by Crippen LogP contribution is -2.29. The number of nitrogens with one attached hydrogen (secondary N) is 1. The first-order chi connectivity index (χ1) is 9.69. The van der Waals surface area contributed by atoms with Crippen molar-refractivity contribution in [1.82, 2.24) is 15.2 Å². The molecule has 0 aliphatic rings. The third kappa shape index (κ3) is 3.20. The van der Waals surface area contributed by atoms with Crippen molar-refractivity contribution < 1.29 is 4.74 Å². The molecule has 1 heterocycles. The molecule has 0 aliphatic heterocycles. The Balaban J connectivity index is 2.35. The second-order valence-electron chi connectivity index (χ2n) is 4.52. The van der Waals surface area contributed by atoms with Crippen molar-refractivity contribution in [3.05, 3.63) is 46.2 Å². The van der Waals surface area contributed by atoms with Crippen LogP contribution in [0.4, 0.5) is 0 Å². The molecule has 0 aliphatic carbocycles. The Bertz CT molecular complexity index is 570. The summed E-state index contributed by atoms with van der Waals surface area (Å²) in [5, 5.41) is 4.34. The topological polar surface area (TPSA) is 65.1 Å². The summed E-state index contributed by atoms with van der Waals surface area (Å²) in [6, 6.07) is 5.74. The zero-order valence-corrected chi connectivity index (χ0v) is 13.2. The third-order valence-electron chi connectivity index (χ3n) is 3.11. The molecule has 1 aromatic heterocycles. The van der Waals surface area contributed by atoms with Crippen LogP contribution < -0.4 is 16.0 Å². The Morgan fingerprint density at radius 3 is 2.95 bits per heavy atom. The van der Waals surface area contributed by atoms with E-state index in [1.54, 1.807) is 7.11 Å². The van der Waals surface area contributed by atoms with Gasteiger partial charge in [0.1, 0.15) is 5.75 Å². The molecule has 2 rings (SSSR count). The molecule has 0 saturated carbocycles. The van der Waals surface area contributed by atoms with Gasteiger partial charge in [0.05, 0.1) is 19.3 Å². The van der Waals surface area contributed by atoms with Crippen LogP contribution in [0.15, 0.2) is 35.1 Å². The van der Waals surface area contributed by atoms with Crippen molar-refractivity contribution in [2.75, 3.05) is 7.11 Å². The van der Waals surface area contributed by atoms with Crippen LogP contribution in [-0.2, 0) is 6.54 Å². The maximum atomic E-state index is 5.73. The molecule has 20 heavy (non-hydrogen) atoms. The summed E-state index contributed by atoms with van der Waals surface area (Å²) in [6.45, 7) is 3.02. The van der Waals surface area contributed by atoms with Crippen molar-refractivity contribution in [1.29, 1.82) is 0 Å². The first-order valence-corrected chi connectivity index (χ1v) is 7.30. The Labute approximate surface area is 127 Å². The lowest BCUT2D eigenvalue weighted by molar-refractivity contribution is 0.404. The number of ether oxygens (including phenoxy) is 1. The molecule has 1 aromatic carbocycles. The summed E-state index contributed by atoms with van der Waals surface area (Å²) in [6.07, 6.45) is 4.89. The summed E-state index contributed by atoms with van der Waals surface area (Å²) in [4.78, 5) is 0. The van der Waals surface area contributed by atoms with Crippen LogP contribution in [0.5, 0.6) is 5.75 Å². The number of halogens is 1. The number of hydrazine groups is 1. The number of hydrogen-bond acceptors (Lipinski definition) is 4. The summed E-state index contributed by atoms with van der Waals surface area (Å²) in [7, 11) is 1.65. The average Bonchev–Trinajstić information content (AvgIpc) is 2.90. The molecular weight excluding hydrogens is 320 g/mol. The van der Waals surface area contributed by atoms with Crippen molar-refractivity contribution in [2.24, 2.45) is 5.84 Å². The predicted octanol–water partition coefficient (Wildman–Crippen LogP) is 2.62. The van der Waals surface area contributed by atoms with Gasteiger partial charge in [0.25, 0.3) is 0 Å². The van der Waals surface area contributed by atoms with Crippen LogP contribution in [0.1, 0.15) is 30.5 Å². The highest BCUT2D eigenvalue weighted by Gasteiger charge is 2.18. The molecule has 0 spiro atoms. The molecule has 2 aromatic rings. The third-order valence-corrected chi connectivity index (χ3v) is 3.61. The van der Waals surface area contributed by atoms with Crippen LogP contribution in [-0.4, -0.2) is 16.9 Å². The molecule has 5 nitrogen and oxygen atoms in total. The van der Waals surface area contributed by atoms with E-state index >= 15 is 0 Å². The van der Waals surface area contributed by atoms with Crippen molar-refractivity contribution in [3.63, 3.8) is 0 Å². The molecule has 0 amide bonds. The highest BCUT2D eigenvalue weighted by atomic mass is 79.9. The minimum absolute atomic E-state index is 0.149. The second-order valence-corrected chi connectivity index (χ2v) is 5.44. The molecule has 6 heteroatoms. The summed E-state index contributed by atoms with van der Waals surface area (Å²) in [5.74, 6) is 6.51. The summed E-state index contributed by atoms with van der Waals surface area (Å²) >= 11 is 3.44. The van der Waals surface area contributed by atoms with Gasteiger partial charge in [0.2, 0.25) is 0 Å². The van der Waals surface area contributed by atoms with Gasteiger partial charge < -0.3 is 4.74 Å². The quantitative estimate of drug-likeness (QED) is 0.627. The average molecular weight is 339 g/mol. The smallest absolute Gasteiger partial charge is 0.125 e. The normalized spacial score (nSPS) is 12.4. The van der Waals surface area contributed by atoms with Crippen LogP contribution in [0, 0.1) is 0 Å². The second kappa shape index (κ2) is 6.88. The number of aryl methyl sites for hydroxylation is 1. The largest absolute Gasteiger partial charge is 0.496 e. The van der Waals surface area contributed by atoms with E-state index in [9.17, 15) is 0 Å². The minimum Gasteiger partial charge on any atom is -0.496 e. The highest BCUT2D eigenvalue weighted by Crippen LogP contribution is 2.31. The van der Waals surface area contributed by atoms with Gasteiger partial charge >= 0.3 is 0 Å². The Hall–Kier alpha value is -1.37. The number of nitrogens with zero attached hydrogens (tertiary/aromatic N) is 2. The van der Waals surface area contributed by atoms with Crippen molar-refractivity contribution in [3.8, 4) is 5.75 Å². The fraction of sp³-hybridized carbons (Fsp3) is 0.357. The van der Waals surface area contributed by atoms with E-state index in [1.807, 2.05) is 35.3 Å². The van der Waals surface area contributed by atoms with Crippen LogP contribution in [0.3, 0.4) is 0 Å². The van der Waals surface area contributed by atoms with E-state index in [0.717, 1.165) is 34.3 Å². The van der Waals surface area contributed by atoms with Crippen LogP contribution in [0.25, 0.3) is 0 Å². The van der Waals surface area contributed by atoms with E-state index in [0.29, 0.717) is 0 Å². The first-order valence-electron chi connectivity index (χ1n) is 6.51. The van der Waals surface area contributed by atoms with E-state index < -0.39 is 0 Å². The summed E-state index contributed by atoms with van der Waals surface area (Å²) in [5.41, 5.74) is 4.83. The number of rotatable bonds is 6. The Kier molecular flexibility index (Phi) is 5.17. The van der Waals surface area contributed by atoms with Gasteiger partial charge in [-0.15, -0.1) is 0 Å². The number of methoxy groups -OCH3 is 1. The van der Waals surface area contributed by atoms with E-state index in [1.165, 1.54) is 0 Å². The monoisotopic (exact) mass is 338 g/mol. The van der Waals surface area contributed by atoms with Gasteiger partial charge in [-0.3, -0.25) is 10.5 Å². The molecule has 3 N–H and O–H groups in total. The maximum Gasteiger partial charge on any atom is 0.125 e. The Morgan fingerprint density at radius 2 is 2.30 bits per heavy atom. The number of aromatic nitrogens is 2. The SMILES string of the molecule is CCCn1cc(C(NN)c2ccc(Br)cc2OC)cn1. The number of nitrogens with two attached hydrogens (primary N) is 1. The zero-order chi connectivity index (χ0) is 14.5. The van der Waals surface area contributed by atoms with E-state index in [4.69, 9.17) is 10.6 Å². The highest BCUT2D eigenvalue weighted by molar-refractivity contribution is 9.10. The van der Waals surface area contributed by atoms with Crippen molar-refractivity contribution in [2.45, 2.75) is 25.9 Å². The van der Waals surface area contributed by atoms with Gasteiger partial charge in [0, 0.05) is 28.3 Å². The van der Waals surface area contributed by atoms with Gasteiger partial charge in [-0.2, -0.15) is 5.10 Å². The van der Waals surface area contributed by atoms with Gasteiger partial charge in [-0.1, -0.05) is 28.9 Å². The van der Waals surface area contributed by atoms with Gasteiger partial charge in [-0.05, 0) is 18.6 Å². The maximum absolute atomic E-state index is 5.73. The molecule has 0 radical (unpaired) electrons. The number of hydrogen-bond donors (Lipinski definition) is 2. The molecule has 108 valence electrons. The zero-order valence-electron chi connectivity index (χ0n) is 11.6. The first kappa shape index (κ1) is 15.0. The molecule has 0 saturated heterocycles. The fourth-order valence-electron chi connectivity index (χ4n) is 2.17. The minimum atomic E-state index is -0.149. The van der Waals surface area contributed by atoms with Crippen molar-refractivity contribution >= 4 is 15.9 Å². The van der Waals surface area contributed by atoms with Gasteiger partial charge in [-0.25, -0.2) is 5.43 Å². The van der Waals surface area contributed by atoms with Crippen LogP contribution >= 0.6 is 15.9 Å². The van der Waals surface area contributed by atoms with Crippen LogP contribution in [0.2, 0.25) is 0 Å². The molecule has 1 atom stereocenters. The molecule has 0 bridgehead atoms. The van der Waals surface area contributed by atoms with Gasteiger partial charge in [0.15, 0.2) is 0 Å². The summed E-state index contributed by atoms with van der Waals surface area (Å²) < 4.78 is 8.32. The van der Waals surface area contributed by atoms with E-state index in [2.05, 4.69) is 33.4 Å². The Morgan fingerprint density at radius 1 is 1.50 bits per heavy atom. The molecular formula is C14H19BrN4O. The molecule has 0 fully saturated rings. The lowest BCUT2D eigenvalue weighted by atomic mass is 10.0. The van der Waals surface area contributed by atoms with E-state index in [-0.39, 0.29) is 6.04 Å². The predicted molar refractivity (Wildman–Crippen MR) is 82.4 cm³/mol. The number of benzene rings is 1.